The summed E-state index contributed by atoms with van der Waals surface area (Å²) in [5, 5.41) is 3.20. The summed E-state index contributed by atoms with van der Waals surface area (Å²) in [4.78, 5) is 4.30. The van der Waals surface area contributed by atoms with Crippen molar-refractivity contribution in [3.05, 3.63) is 64.1 Å². The fraction of sp³-hybridized carbons (Fsp3) is 0.214. The molecular weight excluding hydrogens is 295 g/mol. The third-order valence-electron chi connectivity index (χ3n) is 2.82. The van der Waals surface area contributed by atoms with Crippen molar-refractivity contribution in [2.24, 2.45) is 0 Å². The van der Waals surface area contributed by atoms with Crippen LogP contribution in [-0.2, 0) is 6.42 Å². The molecular formula is C14H14BrFN2. The van der Waals surface area contributed by atoms with Gasteiger partial charge in [0.25, 0.3) is 0 Å². The third kappa shape index (κ3) is 3.15. The van der Waals surface area contributed by atoms with E-state index in [1.54, 1.807) is 18.3 Å². The van der Waals surface area contributed by atoms with Gasteiger partial charge in [-0.15, -0.1) is 0 Å². The van der Waals surface area contributed by atoms with Crippen LogP contribution in [-0.4, -0.2) is 12.0 Å². The van der Waals surface area contributed by atoms with Crippen LogP contribution in [0.1, 0.15) is 17.3 Å². The van der Waals surface area contributed by atoms with E-state index in [1.165, 1.54) is 6.07 Å². The smallest absolute Gasteiger partial charge is 0.123 e. The van der Waals surface area contributed by atoms with Gasteiger partial charge in [-0.25, -0.2) is 4.39 Å². The van der Waals surface area contributed by atoms with Crippen molar-refractivity contribution in [1.29, 1.82) is 0 Å². The molecule has 2 rings (SSSR count). The second-order valence-electron chi connectivity index (χ2n) is 4.03. The Balaban J connectivity index is 2.26. The monoisotopic (exact) mass is 308 g/mol. The highest BCUT2D eigenvalue weighted by atomic mass is 79.9. The van der Waals surface area contributed by atoms with Crippen LogP contribution in [0.4, 0.5) is 4.39 Å². The predicted molar refractivity (Wildman–Crippen MR) is 73.8 cm³/mol. The lowest BCUT2D eigenvalue weighted by Crippen LogP contribution is -2.20. The molecule has 0 fully saturated rings. The van der Waals surface area contributed by atoms with Crippen LogP contribution in [0.5, 0.6) is 0 Å². The second-order valence-corrected chi connectivity index (χ2v) is 4.89. The number of halogens is 2. The highest BCUT2D eigenvalue weighted by Crippen LogP contribution is 2.26. The summed E-state index contributed by atoms with van der Waals surface area (Å²) >= 11 is 3.46. The van der Waals surface area contributed by atoms with Crippen LogP contribution in [0, 0.1) is 5.82 Å². The maximum absolute atomic E-state index is 13.3. The van der Waals surface area contributed by atoms with E-state index in [2.05, 4.69) is 26.2 Å². The van der Waals surface area contributed by atoms with Gasteiger partial charge in [0, 0.05) is 28.8 Å². The zero-order valence-electron chi connectivity index (χ0n) is 10.0. The maximum atomic E-state index is 13.3. The van der Waals surface area contributed by atoms with E-state index in [0.29, 0.717) is 0 Å². The standard InChI is InChI=1S/C14H14BrFN2/c1-17-14(9-11-4-2-3-7-18-11)12-8-10(16)5-6-13(12)15/h2-8,14,17H,9H2,1H3. The maximum Gasteiger partial charge on any atom is 0.123 e. The topological polar surface area (TPSA) is 24.9 Å². The lowest BCUT2D eigenvalue weighted by atomic mass is 10.0. The number of hydrogen-bond donors (Lipinski definition) is 1. The Bertz CT molecular complexity index is 516. The first-order valence-corrected chi connectivity index (χ1v) is 6.52. The summed E-state index contributed by atoms with van der Waals surface area (Å²) in [7, 11) is 1.87. The molecule has 0 bridgehead atoms. The molecule has 1 atom stereocenters. The zero-order chi connectivity index (χ0) is 13.0. The number of pyridine rings is 1. The molecule has 0 saturated heterocycles. The van der Waals surface area contributed by atoms with Gasteiger partial charge in [0.05, 0.1) is 0 Å². The number of hydrogen-bond acceptors (Lipinski definition) is 2. The minimum atomic E-state index is -0.227. The highest BCUT2D eigenvalue weighted by Gasteiger charge is 2.14. The molecule has 0 aliphatic heterocycles. The van der Waals surface area contributed by atoms with Crippen LogP contribution in [0.2, 0.25) is 0 Å². The molecule has 1 N–H and O–H groups in total. The summed E-state index contributed by atoms with van der Waals surface area (Å²) in [6.07, 6.45) is 2.49. The molecule has 1 heterocycles. The number of benzene rings is 1. The number of rotatable bonds is 4. The van der Waals surface area contributed by atoms with Gasteiger partial charge in [0.2, 0.25) is 0 Å². The Kier molecular flexibility index (Phi) is 4.44. The molecule has 18 heavy (non-hydrogen) atoms. The molecule has 0 saturated carbocycles. The van der Waals surface area contributed by atoms with Crippen LogP contribution in [0.15, 0.2) is 47.1 Å². The Morgan fingerprint density at radius 3 is 2.83 bits per heavy atom. The minimum Gasteiger partial charge on any atom is -0.313 e. The molecule has 0 amide bonds. The van der Waals surface area contributed by atoms with E-state index in [9.17, 15) is 4.39 Å². The first-order chi connectivity index (χ1) is 8.70. The van der Waals surface area contributed by atoms with Crippen LogP contribution in [0.25, 0.3) is 0 Å². The van der Waals surface area contributed by atoms with Gasteiger partial charge < -0.3 is 5.32 Å². The molecule has 4 heteroatoms. The molecule has 2 nitrogen and oxygen atoms in total. The van der Waals surface area contributed by atoms with Crippen molar-refractivity contribution >= 4 is 15.9 Å². The Labute approximate surface area is 114 Å². The van der Waals surface area contributed by atoms with Crippen molar-refractivity contribution in [3.8, 4) is 0 Å². The van der Waals surface area contributed by atoms with E-state index in [4.69, 9.17) is 0 Å². The molecule has 1 aromatic carbocycles. The van der Waals surface area contributed by atoms with E-state index in [-0.39, 0.29) is 11.9 Å². The Morgan fingerprint density at radius 1 is 1.33 bits per heavy atom. The normalized spacial score (nSPS) is 12.4. The largest absolute Gasteiger partial charge is 0.313 e. The van der Waals surface area contributed by atoms with Crippen LogP contribution >= 0.6 is 15.9 Å². The molecule has 94 valence electrons. The van der Waals surface area contributed by atoms with Gasteiger partial charge in [-0.3, -0.25) is 4.98 Å². The first-order valence-electron chi connectivity index (χ1n) is 5.73. The van der Waals surface area contributed by atoms with Crippen LogP contribution in [0.3, 0.4) is 0 Å². The van der Waals surface area contributed by atoms with Crippen molar-refractivity contribution in [2.75, 3.05) is 7.05 Å². The first kappa shape index (κ1) is 13.2. The molecule has 0 aliphatic carbocycles. The Morgan fingerprint density at radius 2 is 2.17 bits per heavy atom. The average Bonchev–Trinajstić information content (AvgIpc) is 2.40. The number of nitrogens with one attached hydrogen (secondary N) is 1. The fourth-order valence-electron chi connectivity index (χ4n) is 1.88. The fourth-order valence-corrected chi connectivity index (χ4v) is 2.40. The van der Waals surface area contributed by atoms with E-state index in [1.807, 2.05) is 25.2 Å². The van der Waals surface area contributed by atoms with Gasteiger partial charge >= 0.3 is 0 Å². The third-order valence-corrected chi connectivity index (χ3v) is 3.54. The number of likely N-dealkylation sites (N-methyl/N-ethyl adjacent to an activating group) is 1. The zero-order valence-corrected chi connectivity index (χ0v) is 11.6. The van der Waals surface area contributed by atoms with Gasteiger partial charge in [-0.05, 0) is 42.9 Å². The summed E-state index contributed by atoms with van der Waals surface area (Å²) in [6.45, 7) is 0. The number of nitrogens with zero attached hydrogens (tertiary/aromatic N) is 1. The lowest BCUT2D eigenvalue weighted by Gasteiger charge is -2.18. The van der Waals surface area contributed by atoms with Crippen molar-refractivity contribution in [2.45, 2.75) is 12.5 Å². The van der Waals surface area contributed by atoms with E-state index < -0.39 is 0 Å². The molecule has 2 aromatic rings. The molecule has 1 aromatic heterocycles. The summed E-state index contributed by atoms with van der Waals surface area (Å²) in [5.74, 6) is -0.227. The second kappa shape index (κ2) is 6.07. The van der Waals surface area contributed by atoms with Crippen LogP contribution < -0.4 is 5.32 Å². The van der Waals surface area contributed by atoms with E-state index >= 15 is 0 Å². The van der Waals surface area contributed by atoms with Gasteiger partial charge in [-0.2, -0.15) is 0 Å². The molecule has 0 radical (unpaired) electrons. The lowest BCUT2D eigenvalue weighted by molar-refractivity contribution is 0.569. The van der Waals surface area contributed by atoms with Gasteiger partial charge in [-0.1, -0.05) is 22.0 Å². The average molecular weight is 309 g/mol. The van der Waals surface area contributed by atoms with Crippen molar-refractivity contribution < 1.29 is 4.39 Å². The van der Waals surface area contributed by atoms with Gasteiger partial charge in [0.1, 0.15) is 5.82 Å². The number of aromatic nitrogens is 1. The summed E-state index contributed by atoms with van der Waals surface area (Å²) in [6, 6.07) is 10.6. The van der Waals surface area contributed by atoms with E-state index in [0.717, 1.165) is 22.2 Å². The summed E-state index contributed by atoms with van der Waals surface area (Å²) in [5.41, 5.74) is 1.89. The summed E-state index contributed by atoms with van der Waals surface area (Å²) < 4.78 is 14.2. The van der Waals surface area contributed by atoms with Gasteiger partial charge in [0.15, 0.2) is 0 Å². The van der Waals surface area contributed by atoms with Crippen molar-refractivity contribution in [3.63, 3.8) is 0 Å². The minimum absolute atomic E-state index is 0.0324. The van der Waals surface area contributed by atoms with Crippen molar-refractivity contribution in [1.82, 2.24) is 10.3 Å². The molecule has 1 unspecified atom stereocenters. The Hall–Kier alpha value is -1.26. The quantitative estimate of drug-likeness (QED) is 0.935. The molecule has 0 spiro atoms. The predicted octanol–water partition coefficient (Wildman–Crippen LogP) is 3.49. The highest BCUT2D eigenvalue weighted by molar-refractivity contribution is 9.10. The SMILES string of the molecule is CNC(Cc1ccccn1)c1cc(F)ccc1Br. The molecule has 0 aliphatic rings.